The number of hydrogen-bond donors (Lipinski definition) is 3. The molecule has 7 nitrogen and oxygen atoms in total. The van der Waals surface area contributed by atoms with E-state index in [9.17, 15) is 29.7 Å². The highest BCUT2D eigenvalue weighted by atomic mass is 16.4. The molecule has 0 aromatic heterocycles. The number of rotatable bonds is 29. The van der Waals surface area contributed by atoms with E-state index in [0.29, 0.717) is 6.42 Å². The van der Waals surface area contributed by atoms with Gasteiger partial charge in [-0.25, -0.2) is 14.4 Å². The molecule has 0 saturated carbocycles. The zero-order valence-electron chi connectivity index (χ0n) is 26.5. The van der Waals surface area contributed by atoms with Crippen LogP contribution in [0.5, 0.6) is 0 Å². The van der Waals surface area contributed by atoms with E-state index in [0.717, 1.165) is 19.3 Å². The molecular formula is C33H64NO6+. The predicted molar refractivity (Wildman–Crippen MR) is 164 cm³/mol. The lowest BCUT2D eigenvalue weighted by Gasteiger charge is -2.47. The lowest BCUT2D eigenvalue weighted by atomic mass is 9.99. The van der Waals surface area contributed by atoms with E-state index < -0.39 is 40.5 Å². The summed E-state index contributed by atoms with van der Waals surface area (Å²) >= 11 is 0. The summed E-state index contributed by atoms with van der Waals surface area (Å²) in [6.07, 6.45) is 28.1. The molecule has 0 spiro atoms. The summed E-state index contributed by atoms with van der Waals surface area (Å²) in [5.74, 6) is -3.50. The molecule has 3 atom stereocenters. The van der Waals surface area contributed by atoms with Crippen molar-refractivity contribution in [3.63, 3.8) is 0 Å². The third-order valence-electron chi connectivity index (χ3n) is 9.13. The first-order valence-electron chi connectivity index (χ1n) is 16.7. The Labute approximate surface area is 245 Å². The molecule has 7 heteroatoms. The molecule has 0 rings (SSSR count). The van der Waals surface area contributed by atoms with Gasteiger partial charge < -0.3 is 15.3 Å². The van der Waals surface area contributed by atoms with E-state index in [4.69, 9.17) is 0 Å². The maximum Gasteiger partial charge on any atom is 0.362 e. The van der Waals surface area contributed by atoms with Gasteiger partial charge in [0.15, 0.2) is 18.1 Å². The van der Waals surface area contributed by atoms with Gasteiger partial charge in [-0.1, -0.05) is 135 Å². The molecule has 0 amide bonds. The highest BCUT2D eigenvalue weighted by molar-refractivity contribution is 5.77. The zero-order chi connectivity index (χ0) is 30.2. The van der Waals surface area contributed by atoms with Gasteiger partial charge in [0.1, 0.15) is 0 Å². The van der Waals surface area contributed by atoms with E-state index in [1.807, 2.05) is 0 Å². The van der Waals surface area contributed by atoms with Gasteiger partial charge in [-0.3, -0.25) is 4.48 Å². The van der Waals surface area contributed by atoms with Gasteiger partial charge in [0.2, 0.25) is 0 Å². The molecule has 0 aliphatic carbocycles. The van der Waals surface area contributed by atoms with Crippen molar-refractivity contribution in [3.05, 3.63) is 0 Å². The van der Waals surface area contributed by atoms with Crippen LogP contribution in [-0.4, -0.2) is 62.4 Å². The van der Waals surface area contributed by atoms with Crippen molar-refractivity contribution in [2.75, 3.05) is 6.54 Å². The Morgan fingerprint density at radius 2 is 0.625 bits per heavy atom. The summed E-state index contributed by atoms with van der Waals surface area (Å²) < 4.78 is -0.473. The fourth-order valence-electron chi connectivity index (χ4n) is 6.20. The third kappa shape index (κ3) is 16.0. The molecule has 3 N–H and O–H groups in total. The highest BCUT2D eigenvalue weighted by Crippen LogP contribution is 2.28. The average Bonchev–Trinajstić information content (AvgIpc) is 2.92. The first kappa shape index (κ1) is 38.4. The molecule has 40 heavy (non-hydrogen) atoms. The van der Waals surface area contributed by atoms with Gasteiger partial charge in [0, 0.05) is 0 Å². The molecule has 0 aliphatic rings. The van der Waals surface area contributed by atoms with Gasteiger partial charge >= 0.3 is 17.9 Å². The van der Waals surface area contributed by atoms with E-state index in [2.05, 4.69) is 6.92 Å². The lowest BCUT2D eigenvalue weighted by molar-refractivity contribution is -0.968. The molecule has 0 aliphatic heterocycles. The van der Waals surface area contributed by atoms with Crippen LogP contribution < -0.4 is 0 Å². The Bertz CT molecular complexity index is 617. The molecular weight excluding hydrogens is 506 g/mol. The number of aliphatic carboxylic acids is 3. The van der Waals surface area contributed by atoms with Gasteiger partial charge in [-0.2, -0.15) is 0 Å². The van der Waals surface area contributed by atoms with Crippen LogP contribution in [0.25, 0.3) is 0 Å². The summed E-state index contributed by atoms with van der Waals surface area (Å²) in [6.45, 7) is 6.79. The Morgan fingerprint density at radius 3 is 0.825 bits per heavy atom. The van der Waals surface area contributed by atoms with Crippen LogP contribution in [0.15, 0.2) is 0 Å². The molecule has 0 radical (unpaired) electrons. The maximum absolute atomic E-state index is 11.8. The standard InChI is InChI=1S/C33H63NO6/c1-5-6-7-8-9-10-11-12-13-14-15-16-17-18-19-20-21-22-23-24-25-26-27-34(28(2)31(35)36,29(3)32(37)38)30(4)33(39)40/h28-30H,5-27H2,1-4H3,(H2-,35,36,37,38,39,40)/p+1. The number of carbonyl (C=O) groups is 3. The highest BCUT2D eigenvalue weighted by Gasteiger charge is 2.52. The molecule has 0 fully saturated rings. The number of carboxylic acids is 3. The van der Waals surface area contributed by atoms with Crippen molar-refractivity contribution in [3.8, 4) is 0 Å². The quantitative estimate of drug-likeness (QED) is 0.0612. The van der Waals surface area contributed by atoms with Crippen molar-refractivity contribution in [2.45, 2.75) is 187 Å². The number of unbranched alkanes of at least 4 members (excludes halogenated alkanes) is 21. The molecule has 0 heterocycles. The second-order valence-electron chi connectivity index (χ2n) is 12.2. The Kier molecular flexibility index (Phi) is 23.0. The SMILES string of the molecule is CCCCCCCCCCCCCCCCCCCCCCCC[N+](C(C)C(=O)O)(C(C)C(=O)O)C(C)C(=O)O. The second-order valence-corrected chi connectivity index (χ2v) is 12.2. The second kappa shape index (κ2) is 24.0. The van der Waals surface area contributed by atoms with Crippen LogP contribution in [0.2, 0.25) is 0 Å². The summed E-state index contributed by atoms with van der Waals surface area (Å²) in [4.78, 5) is 35.5. The van der Waals surface area contributed by atoms with Crippen LogP contribution in [0.3, 0.4) is 0 Å². The molecule has 0 bridgehead atoms. The zero-order valence-corrected chi connectivity index (χ0v) is 26.5. The van der Waals surface area contributed by atoms with Crippen LogP contribution >= 0.6 is 0 Å². The van der Waals surface area contributed by atoms with E-state index in [1.165, 1.54) is 136 Å². The van der Waals surface area contributed by atoms with Crippen LogP contribution in [0.1, 0.15) is 169 Å². The number of nitrogens with zero attached hydrogens (tertiary/aromatic N) is 1. The minimum absolute atomic E-state index is 0.230. The van der Waals surface area contributed by atoms with Crippen molar-refractivity contribution >= 4 is 17.9 Å². The van der Waals surface area contributed by atoms with E-state index in [1.54, 1.807) is 0 Å². The van der Waals surface area contributed by atoms with Gasteiger partial charge in [-0.05, 0) is 33.6 Å². The van der Waals surface area contributed by atoms with Crippen LogP contribution in [-0.2, 0) is 14.4 Å². The summed E-state index contributed by atoms with van der Waals surface area (Å²) in [6, 6.07) is -3.36. The Morgan fingerprint density at radius 1 is 0.425 bits per heavy atom. The molecule has 0 aromatic rings. The molecule has 0 saturated heterocycles. The summed E-state index contributed by atoms with van der Waals surface area (Å²) in [7, 11) is 0. The summed E-state index contributed by atoms with van der Waals surface area (Å²) in [5, 5.41) is 29.0. The number of quaternary nitrogens is 1. The number of hydrogen-bond acceptors (Lipinski definition) is 3. The first-order valence-corrected chi connectivity index (χ1v) is 16.7. The smallest absolute Gasteiger partial charge is 0.362 e. The van der Waals surface area contributed by atoms with Crippen molar-refractivity contribution in [2.24, 2.45) is 0 Å². The van der Waals surface area contributed by atoms with Crippen molar-refractivity contribution in [1.82, 2.24) is 0 Å². The maximum atomic E-state index is 11.8. The fourth-order valence-corrected chi connectivity index (χ4v) is 6.20. The van der Waals surface area contributed by atoms with Crippen molar-refractivity contribution < 1.29 is 34.2 Å². The first-order chi connectivity index (χ1) is 19.1. The van der Waals surface area contributed by atoms with Gasteiger partial charge in [0.25, 0.3) is 0 Å². The minimum atomic E-state index is -1.17. The van der Waals surface area contributed by atoms with Crippen LogP contribution in [0.4, 0.5) is 0 Å². The minimum Gasteiger partial charge on any atom is -0.477 e. The monoisotopic (exact) mass is 570 g/mol. The van der Waals surface area contributed by atoms with E-state index in [-0.39, 0.29) is 6.54 Å². The topological polar surface area (TPSA) is 112 Å². The predicted octanol–water partition coefficient (Wildman–Crippen LogP) is 8.82. The number of carboxylic acid groups (broad SMARTS) is 3. The average molecular weight is 571 g/mol. The molecule has 0 aromatic carbocycles. The Hall–Kier alpha value is -1.63. The largest absolute Gasteiger partial charge is 0.477 e. The third-order valence-corrected chi connectivity index (χ3v) is 9.13. The molecule has 3 unspecified atom stereocenters. The molecule has 236 valence electrons. The normalized spacial score (nSPS) is 15.3. The van der Waals surface area contributed by atoms with E-state index >= 15 is 0 Å². The summed E-state index contributed by atoms with van der Waals surface area (Å²) in [5.41, 5.74) is 0. The fraction of sp³-hybridized carbons (Fsp3) is 0.909. The lowest BCUT2D eigenvalue weighted by Crippen LogP contribution is -2.70. The van der Waals surface area contributed by atoms with Crippen LogP contribution in [0, 0.1) is 0 Å². The van der Waals surface area contributed by atoms with Crippen molar-refractivity contribution in [1.29, 1.82) is 0 Å². The van der Waals surface area contributed by atoms with Gasteiger partial charge in [0.05, 0.1) is 6.54 Å². The Balaban J connectivity index is 3.92. The van der Waals surface area contributed by atoms with Gasteiger partial charge in [-0.15, -0.1) is 0 Å².